The van der Waals surface area contributed by atoms with Gasteiger partial charge in [-0.3, -0.25) is 9.59 Å². The van der Waals surface area contributed by atoms with Crippen molar-refractivity contribution in [3.8, 4) is 0 Å². The largest absolute Gasteiger partial charge is 0.469 e. The molecule has 0 saturated heterocycles. The summed E-state index contributed by atoms with van der Waals surface area (Å²) in [6, 6.07) is 2.94. The van der Waals surface area contributed by atoms with E-state index in [1.165, 1.54) is 7.11 Å². The molecule has 0 unspecified atom stereocenters. The highest BCUT2D eigenvalue weighted by molar-refractivity contribution is 5.68. The molecule has 18 heavy (non-hydrogen) atoms. The molecule has 0 aromatic carbocycles. The van der Waals surface area contributed by atoms with Crippen molar-refractivity contribution in [3.05, 3.63) is 34.2 Å². The van der Waals surface area contributed by atoms with E-state index in [9.17, 15) is 22.8 Å². The van der Waals surface area contributed by atoms with Gasteiger partial charge in [0.05, 0.1) is 7.11 Å². The van der Waals surface area contributed by atoms with Gasteiger partial charge in [0.25, 0.3) is 5.56 Å². The predicted octanol–water partition coefficient (Wildman–Crippen LogP) is 1.82. The molecule has 0 N–H and O–H groups in total. The SMILES string of the molecule is COC(=O)CCCn1c(C(F)(F)F)cccc1=O. The van der Waals surface area contributed by atoms with Crippen LogP contribution < -0.4 is 5.56 Å². The summed E-state index contributed by atoms with van der Waals surface area (Å²) in [4.78, 5) is 22.2. The second-order valence-corrected chi connectivity index (χ2v) is 3.58. The zero-order valence-corrected chi connectivity index (χ0v) is 9.66. The van der Waals surface area contributed by atoms with E-state index in [2.05, 4.69) is 4.74 Å². The Morgan fingerprint density at radius 1 is 1.39 bits per heavy atom. The highest BCUT2D eigenvalue weighted by Gasteiger charge is 2.33. The molecule has 100 valence electrons. The lowest BCUT2D eigenvalue weighted by atomic mass is 10.2. The number of ether oxygens (including phenoxy) is 1. The molecule has 0 amide bonds. The Morgan fingerprint density at radius 2 is 2.06 bits per heavy atom. The highest BCUT2D eigenvalue weighted by atomic mass is 19.4. The third kappa shape index (κ3) is 3.61. The van der Waals surface area contributed by atoms with Crippen LogP contribution in [0.2, 0.25) is 0 Å². The number of alkyl halides is 3. The number of nitrogens with zero attached hydrogens (tertiary/aromatic N) is 1. The lowest BCUT2D eigenvalue weighted by molar-refractivity contribution is -0.144. The van der Waals surface area contributed by atoms with Crippen LogP contribution >= 0.6 is 0 Å². The van der Waals surface area contributed by atoms with Crippen LogP contribution in [0.5, 0.6) is 0 Å². The van der Waals surface area contributed by atoms with Gasteiger partial charge in [-0.25, -0.2) is 0 Å². The zero-order valence-electron chi connectivity index (χ0n) is 9.66. The third-order valence-electron chi connectivity index (χ3n) is 2.33. The molecule has 1 aromatic rings. The Labute approximate surface area is 101 Å². The molecule has 0 atom stereocenters. The molecule has 0 saturated carbocycles. The molecule has 4 nitrogen and oxygen atoms in total. The summed E-state index contributed by atoms with van der Waals surface area (Å²) >= 11 is 0. The average molecular weight is 263 g/mol. The second kappa shape index (κ2) is 5.70. The van der Waals surface area contributed by atoms with Gasteiger partial charge in [-0.1, -0.05) is 6.07 Å². The van der Waals surface area contributed by atoms with Crippen molar-refractivity contribution in [2.75, 3.05) is 7.11 Å². The van der Waals surface area contributed by atoms with E-state index in [0.29, 0.717) is 4.57 Å². The van der Waals surface area contributed by atoms with E-state index in [1.807, 2.05) is 0 Å². The number of methoxy groups -OCH3 is 1. The lowest BCUT2D eigenvalue weighted by Gasteiger charge is -2.14. The van der Waals surface area contributed by atoms with Gasteiger partial charge >= 0.3 is 12.1 Å². The molecular formula is C11H12F3NO3. The van der Waals surface area contributed by atoms with Gasteiger partial charge in [0.1, 0.15) is 5.69 Å². The fraction of sp³-hybridized carbons (Fsp3) is 0.455. The molecule has 1 aromatic heterocycles. The van der Waals surface area contributed by atoms with Crippen LogP contribution in [0.25, 0.3) is 0 Å². The smallest absolute Gasteiger partial charge is 0.431 e. The van der Waals surface area contributed by atoms with Crippen molar-refractivity contribution >= 4 is 5.97 Å². The quantitative estimate of drug-likeness (QED) is 0.778. The first-order valence-electron chi connectivity index (χ1n) is 5.20. The van der Waals surface area contributed by atoms with Gasteiger partial charge in [0, 0.05) is 19.0 Å². The van der Waals surface area contributed by atoms with Gasteiger partial charge in [-0.05, 0) is 12.5 Å². The van der Waals surface area contributed by atoms with Crippen LogP contribution in [-0.4, -0.2) is 17.6 Å². The summed E-state index contributed by atoms with van der Waals surface area (Å²) < 4.78 is 42.9. The molecule has 7 heteroatoms. The van der Waals surface area contributed by atoms with Crippen LogP contribution in [0.15, 0.2) is 23.0 Å². The van der Waals surface area contributed by atoms with Crippen LogP contribution in [0.4, 0.5) is 13.2 Å². The number of pyridine rings is 1. The van der Waals surface area contributed by atoms with Crippen molar-refractivity contribution < 1.29 is 22.7 Å². The molecule has 0 radical (unpaired) electrons. The summed E-state index contributed by atoms with van der Waals surface area (Å²) in [5.41, 5.74) is -1.76. The van der Waals surface area contributed by atoms with Gasteiger partial charge < -0.3 is 9.30 Å². The maximum Gasteiger partial charge on any atom is 0.431 e. The van der Waals surface area contributed by atoms with Crippen molar-refractivity contribution in [2.24, 2.45) is 0 Å². The summed E-state index contributed by atoms with van der Waals surface area (Å²) in [7, 11) is 1.19. The first kappa shape index (κ1) is 14.3. The molecule has 0 aliphatic heterocycles. The Kier molecular flexibility index (Phi) is 4.52. The van der Waals surface area contributed by atoms with Crippen LogP contribution in [0.3, 0.4) is 0 Å². The van der Waals surface area contributed by atoms with E-state index < -0.39 is 23.4 Å². The Balaban J connectivity index is 2.88. The molecule has 0 bridgehead atoms. The Bertz CT molecular complexity index is 479. The predicted molar refractivity (Wildman–Crippen MR) is 57.0 cm³/mol. The van der Waals surface area contributed by atoms with Crippen LogP contribution in [-0.2, 0) is 22.3 Å². The van der Waals surface area contributed by atoms with Gasteiger partial charge in [-0.2, -0.15) is 13.2 Å². The maximum atomic E-state index is 12.6. The second-order valence-electron chi connectivity index (χ2n) is 3.58. The maximum absolute atomic E-state index is 12.6. The van der Waals surface area contributed by atoms with Crippen LogP contribution in [0.1, 0.15) is 18.5 Å². The number of rotatable bonds is 4. The van der Waals surface area contributed by atoms with Crippen LogP contribution in [0, 0.1) is 0 Å². The summed E-state index contributed by atoms with van der Waals surface area (Å²) in [6.07, 6.45) is -4.51. The Morgan fingerprint density at radius 3 is 2.61 bits per heavy atom. The number of carbonyl (C=O) groups excluding carboxylic acids is 1. The average Bonchev–Trinajstić information content (AvgIpc) is 2.29. The highest BCUT2D eigenvalue weighted by Crippen LogP contribution is 2.28. The fourth-order valence-electron chi connectivity index (χ4n) is 1.48. The van der Waals surface area contributed by atoms with E-state index in [-0.39, 0.29) is 19.4 Å². The summed E-state index contributed by atoms with van der Waals surface area (Å²) in [5.74, 6) is -0.521. The topological polar surface area (TPSA) is 48.3 Å². The first-order chi connectivity index (χ1) is 8.36. The lowest BCUT2D eigenvalue weighted by Crippen LogP contribution is -2.27. The van der Waals surface area contributed by atoms with Gasteiger partial charge in [0.2, 0.25) is 0 Å². The number of halogens is 3. The molecule has 1 rings (SSSR count). The summed E-state index contributed by atoms with van der Waals surface area (Å²) in [5, 5.41) is 0. The van der Waals surface area contributed by atoms with Gasteiger partial charge in [-0.15, -0.1) is 0 Å². The van der Waals surface area contributed by atoms with Crippen molar-refractivity contribution in [3.63, 3.8) is 0 Å². The minimum Gasteiger partial charge on any atom is -0.469 e. The van der Waals surface area contributed by atoms with E-state index in [0.717, 1.165) is 18.2 Å². The van der Waals surface area contributed by atoms with E-state index in [4.69, 9.17) is 0 Å². The number of hydrogen-bond donors (Lipinski definition) is 0. The fourth-order valence-corrected chi connectivity index (χ4v) is 1.48. The van der Waals surface area contributed by atoms with E-state index in [1.54, 1.807) is 0 Å². The zero-order chi connectivity index (χ0) is 13.8. The number of carbonyl (C=O) groups is 1. The van der Waals surface area contributed by atoms with Crippen molar-refractivity contribution in [1.29, 1.82) is 0 Å². The minimum atomic E-state index is -4.59. The molecule has 0 aliphatic carbocycles. The molecule has 0 aliphatic rings. The number of hydrogen-bond acceptors (Lipinski definition) is 3. The third-order valence-corrected chi connectivity index (χ3v) is 2.33. The Hall–Kier alpha value is -1.79. The summed E-state index contributed by atoms with van der Waals surface area (Å²) in [6.45, 7) is -0.177. The van der Waals surface area contributed by atoms with Crippen molar-refractivity contribution in [1.82, 2.24) is 4.57 Å². The first-order valence-corrected chi connectivity index (χ1v) is 5.20. The molecule has 0 fully saturated rings. The van der Waals surface area contributed by atoms with Crippen molar-refractivity contribution in [2.45, 2.75) is 25.6 Å². The minimum absolute atomic E-state index is 0.0326. The standard InChI is InChI=1S/C11H12F3NO3/c1-18-10(17)6-3-7-15-8(11(12,13)14)4-2-5-9(15)16/h2,4-5H,3,6-7H2,1H3. The number of esters is 1. The molecule has 1 heterocycles. The van der Waals surface area contributed by atoms with E-state index >= 15 is 0 Å². The normalized spacial score (nSPS) is 11.3. The molecular weight excluding hydrogens is 251 g/mol. The van der Waals surface area contributed by atoms with Gasteiger partial charge in [0.15, 0.2) is 0 Å². The monoisotopic (exact) mass is 263 g/mol. The molecule has 0 spiro atoms. The number of aromatic nitrogens is 1.